The molecule has 1 aliphatic heterocycles. The van der Waals surface area contributed by atoms with Crippen molar-refractivity contribution in [1.82, 2.24) is 10.2 Å². The summed E-state index contributed by atoms with van der Waals surface area (Å²) in [4.78, 5) is 14.6. The second-order valence-corrected chi connectivity index (χ2v) is 6.49. The van der Waals surface area contributed by atoms with Crippen LogP contribution in [0.2, 0.25) is 0 Å². The first-order chi connectivity index (χ1) is 12.2. The summed E-state index contributed by atoms with van der Waals surface area (Å²) in [5.41, 5.74) is 1.03. The van der Waals surface area contributed by atoms with Crippen LogP contribution in [0.3, 0.4) is 0 Å². The summed E-state index contributed by atoms with van der Waals surface area (Å²) in [6, 6.07) is 11.7. The number of hydrogen-bond donors (Lipinski definition) is 1. The Kier molecular flexibility index (Phi) is 6.12. The predicted octanol–water partition coefficient (Wildman–Crippen LogP) is 3.31. The number of piperidine rings is 1. The molecule has 2 aromatic rings. The Labute approximate surface area is 149 Å². The smallest absolute Gasteiger partial charge is 0.258 e. The molecule has 1 amide bonds. The molecule has 5 nitrogen and oxygen atoms in total. The molecule has 1 aromatic heterocycles. The first-order valence-corrected chi connectivity index (χ1v) is 8.96. The maximum atomic E-state index is 12.2. The van der Waals surface area contributed by atoms with Gasteiger partial charge < -0.3 is 14.5 Å². The van der Waals surface area contributed by atoms with Gasteiger partial charge in [-0.3, -0.25) is 9.69 Å². The molecular weight excluding hydrogens is 316 g/mol. The Bertz CT molecular complexity index is 663. The number of nitrogens with zero attached hydrogens (tertiary/aromatic N) is 1. The van der Waals surface area contributed by atoms with Crippen molar-refractivity contribution >= 4 is 5.91 Å². The molecule has 1 aromatic carbocycles. The molecule has 1 fully saturated rings. The van der Waals surface area contributed by atoms with Gasteiger partial charge in [-0.05, 0) is 56.6 Å². The summed E-state index contributed by atoms with van der Waals surface area (Å²) >= 11 is 0. The zero-order chi connectivity index (χ0) is 17.5. The standard InChI is InChI=1S/C20H26N2O3/c1-16-8-3-4-9-18(16)25-15-20(23)21-14-17(19-10-7-13-24-19)22-11-5-2-6-12-22/h3-4,7-10,13,17H,2,5-6,11-12,14-15H2,1H3,(H,21,23)/t17-/m0/s1. The van der Waals surface area contributed by atoms with Crippen LogP contribution in [0.4, 0.5) is 0 Å². The summed E-state index contributed by atoms with van der Waals surface area (Å²) in [5, 5.41) is 2.99. The minimum absolute atomic E-state index is 0.0235. The van der Waals surface area contributed by atoms with E-state index in [0.29, 0.717) is 6.54 Å². The molecule has 0 saturated carbocycles. The second-order valence-electron chi connectivity index (χ2n) is 6.49. The molecule has 0 radical (unpaired) electrons. The maximum absolute atomic E-state index is 12.2. The number of hydrogen-bond acceptors (Lipinski definition) is 4. The van der Waals surface area contributed by atoms with E-state index in [-0.39, 0.29) is 18.6 Å². The third-order valence-corrected chi connectivity index (χ3v) is 4.65. The predicted molar refractivity (Wildman–Crippen MR) is 96.6 cm³/mol. The molecule has 2 heterocycles. The van der Waals surface area contributed by atoms with Crippen LogP contribution in [0.25, 0.3) is 0 Å². The minimum atomic E-state index is -0.114. The van der Waals surface area contributed by atoms with Crippen molar-refractivity contribution in [1.29, 1.82) is 0 Å². The minimum Gasteiger partial charge on any atom is -0.484 e. The highest BCUT2D eigenvalue weighted by molar-refractivity contribution is 5.77. The number of furan rings is 1. The van der Waals surface area contributed by atoms with Crippen molar-refractivity contribution in [2.75, 3.05) is 26.2 Å². The van der Waals surface area contributed by atoms with Crippen LogP contribution in [0.5, 0.6) is 5.75 Å². The number of ether oxygens (including phenoxy) is 1. The molecule has 1 saturated heterocycles. The molecule has 1 aliphatic rings. The molecule has 0 bridgehead atoms. The maximum Gasteiger partial charge on any atom is 0.258 e. The summed E-state index contributed by atoms with van der Waals surface area (Å²) < 4.78 is 11.2. The lowest BCUT2D eigenvalue weighted by atomic mass is 10.1. The lowest BCUT2D eigenvalue weighted by molar-refractivity contribution is -0.123. The fourth-order valence-electron chi connectivity index (χ4n) is 3.24. The summed E-state index contributed by atoms with van der Waals surface area (Å²) in [6.45, 7) is 4.61. The van der Waals surface area contributed by atoms with E-state index < -0.39 is 0 Å². The van der Waals surface area contributed by atoms with Crippen molar-refractivity contribution in [3.63, 3.8) is 0 Å². The normalized spacial score (nSPS) is 16.4. The van der Waals surface area contributed by atoms with Gasteiger partial charge in [-0.15, -0.1) is 0 Å². The van der Waals surface area contributed by atoms with Crippen LogP contribution in [0, 0.1) is 6.92 Å². The Balaban J connectivity index is 1.53. The highest BCUT2D eigenvalue weighted by atomic mass is 16.5. The third kappa shape index (κ3) is 4.86. The molecule has 0 spiro atoms. The summed E-state index contributed by atoms with van der Waals surface area (Å²) in [7, 11) is 0. The zero-order valence-corrected chi connectivity index (χ0v) is 14.7. The lowest BCUT2D eigenvalue weighted by Crippen LogP contribution is -2.41. The van der Waals surface area contributed by atoms with Gasteiger partial charge in [-0.1, -0.05) is 24.6 Å². The number of rotatable bonds is 7. The zero-order valence-electron chi connectivity index (χ0n) is 14.7. The van der Waals surface area contributed by atoms with E-state index in [9.17, 15) is 4.79 Å². The first kappa shape index (κ1) is 17.5. The molecule has 1 atom stereocenters. The molecule has 1 N–H and O–H groups in total. The van der Waals surface area contributed by atoms with Crippen molar-refractivity contribution < 1.29 is 13.9 Å². The van der Waals surface area contributed by atoms with Crippen LogP contribution >= 0.6 is 0 Å². The SMILES string of the molecule is Cc1ccccc1OCC(=O)NC[C@@H](c1ccco1)N1CCCCC1. The van der Waals surface area contributed by atoms with Crippen LogP contribution in [0.1, 0.15) is 36.6 Å². The number of aryl methyl sites for hydroxylation is 1. The quantitative estimate of drug-likeness (QED) is 0.839. The number of amides is 1. The number of likely N-dealkylation sites (tertiary alicyclic amines) is 1. The largest absolute Gasteiger partial charge is 0.484 e. The molecule has 0 unspecified atom stereocenters. The average molecular weight is 342 g/mol. The van der Waals surface area contributed by atoms with Gasteiger partial charge >= 0.3 is 0 Å². The van der Waals surface area contributed by atoms with Crippen molar-refractivity contribution in [3.05, 3.63) is 54.0 Å². The fraction of sp³-hybridized carbons (Fsp3) is 0.450. The van der Waals surface area contributed by atoms with E-state index in [0.717, 1.165) is 30.2 Å². The molecule has 3 rings (SSSR count). The number of nitrogens with one attached hydrogen (secondary N) is 1. The van der Waals surface area contributed by atoms with Gasteiger partial charge in [0.2, 0.25) is 0 Å². The number of benzene rings is 1. The molecule has 5 heteroatoms. The van der Waals surface area contributed by atoms with Crippen LogP contribution in [0.15, 0.2) is 47.1 Å². The van der Waals surface area contributed by atoms with Crippen molar-refractivity contribution in [2.24, 2.45) is 0 Å². The lowest BCUT2D eigenvalue weighted by Gasteiger charge is -2.33. The van der Waals surface area contributed by atoms with E-state index >= 15 is 0 Å². The van der Waals surface area contributed by atoms with Gasteiger partial charge in [0.25, 0.3) is 5.91 Å². The third-order valence-electron chi connectivity index (χ3n) is 4.65. The van der Waals surface area contributed by atoms with E-state index in [2.05, 4.69) is 10.2 Å². The summed E-state index contributed by atoms with van der Waals surface area (Å²) in [6.07, 6.45) is 5.36. The van der Waals surface area contributed by atoms with Crippen LogP contribution in [-0.4, -0.2) is 37.0 Å². The number of carbonyl (C=O) groups excluding carboxylic acids is 1. The van der Waals surface area contributed by atoms with Gasteiger partial charge in [-0.2, -0.15) is 0 Å². The van der Waals surface area contributed by atoms with E-state index in [4.69, 9.17) is 9.15 Å². The number of para-hydroxylation sites is 1. The molecular formula is C20H26N2O3. The molecule has 25 heavy (non-hydrogen) atoms. The summed E-state index contributed by atoms with van der Waals surface area (Å²) in [5.74, 6) is 1.54. The van der Waals surface area contributed by atoms with E-state index in [1.165, 1.54) is 19.3 Å². The highest BCUT2D eigenvalue weighted by Crippen LogP contribution is 2.24. The van der Waals surface area contributed by atoms with E-state index in [1.807, 2.05) is 43.3 Å². The van der Waals surface area contributed by atoms with Crippen molar-refractivity contribution in [2.45, 2.75) is 32.2 Å². The average Bonchev–Trinajstić information content (AvgIpc) is 3.16. The van der Waals surface area contributed by atoms with Crippen LogP contribution < -0.4 is 10.1 Å². The molecule has 0 aliphatic carbocycles. The van der Waals surface area contributed by atoms with Gasteiger partial charge in [0.05, 0.1) is 12.3 Å². The Morgan fingerprint density at radius 1 is 1.20 bits per heavy atom. The molecule has 134 valence electrons. The Morgan fingerprint density at radius 3 is 2.72 bits per heavy atom. The van der Waals surface area contributed by atoms with Gasteiger partial charge in [-0.25, -0.2) is 0 Å². The Morgan fingerprint density at radius 2 is 2.00 bits per heavy atom. The van der Waals surface area contributed by atoms with Crippen LogP contribution in [-0.2, 0) is 4.79 Å². The second kappa shape index (κ2) is 8.72. The van der Waals surface area contributed by atoms with Gasteiger partial charge in [0.1, 0.15) is 11.5 Å². The monoisotopic (exact) mass is 342 g/mol. The van der Waals surface area contributed by atoms with Gasteiger partial charge in [0, 0.05) is 6.54 Å². The Hall–Kier alpha value is -2.27. The van der Waals surface area contributed by atoms with Crippen molar-refractivity contribution in [3.8, 4) is 5.75 Å². The number of carbonyl (C=O) groups is 1. The topological polar surface area (TPSA) is 54.7 Å². The fourth-order valence-corrected chi connectivity index (χ4v) is 3.24. The first-order valence-electron chi connectivity index (χ1n) is 8.96. The van der Waals surface area contributed by atoms with Gasteiger partial charge in [0.15, 0.2) is 6.61 Å². The van der Waals surface area contributed by atoms with E-state index in [1.54, 1.807) is 6.26 Å². The highest BCUT2D eigenvalue weighted by Gasteiger charge is 2.24.